The summed E-state index contributed by atoms with van der Waals surface area (Å²) in [6, 6.07) is 0. The fourth-order valence-electron chi connectivity index (χ4n) is 1.23. The number of nitrogens with one attached hydrogen (secondary N) is 1. The van der Waals surface area contributed by atoms with Crippen molar-refractivity contribution in [1.29, 1.82) is 0 Å². The third kappa shape index (κ3) is 13.3. The molecule has 0 aliphatic rings. The highest BCUT2D eigenvalue weighted by atomic mass is 32.5. The molecule has 0 saturated heterocycles. The van der Waals surface area contributed by atoms with E-state index in [0.717, 1.165) is 25.7 Å². The van der Waals surface area contributed by atoms with E-state index in [2.05, 4.69) is 4.74 Å². The van der Waals surface area contributed by atoms with Crippen LogP contribution in [-0.2, 0) is 4.74 Å². The Hall–Kier alpha value is -0.730. The van der Waals surface area contributed by atoms with E-state index >= 15 is 0 Å². The van der Waals surface area contributed by atoms with Gasteiger partial charge in [-0.3, -0.25) is 0 Å². The molecule has 0 rings (SSSR count). The summed E-state index contributed by atoms with van der Waals surface area (Å²) in [4.78, 5) is 10.5. The second-order valence-electron chi connectivity index (χ2n) is 3.97. The Bertz CT molecular complexity index is 279. The number of unbranched alkanes of at least 4 members (excludes halogenated alkanes) is 5. The third-order valence-electron chi connectivity index (χ3n) is 2.01. The van der Waals surface area contributed by atoms with Crippen molar-refractivity contribution in [2.24, 2.45) is 0 Å². The van der Waals surface area contributed by atoms with Gasteiger partial charge in [-0.2, -0.15) is 4.72 Å². The van der Waals surface area contributed by atoms with E-state index in [1.807, 2.05) is 6.92 Å². The van der Waals surface area contributed by atoms with Crippen LogP contribution in [0.2, 0.25) is 0 Å². The minimum atomic E-state index is -9.92. The topological polar surface area (TPSA) is 38.3 Å². The molecule has 9 heteroatoms. The van der Waals surface area contributed by atoms with E-state index in [1.165, 1.54) is 0 Å². The highest BCUT2D eigenvalue weighted by molar-refractivity contribution is 8.44. The van der Waals surface area contributed by atoms with Gasteiger partial charge in [0.2, 0.25) is 0 Å². The van der Waals surface area contributed by atoms with Crippen molar-refractivity contribution in [3.8, 4) is 0 Å². The fourth-order valence-corrected chi connectivity index (χ4v) is 1.61. The molecule has 112 valence electrons. The van der Waals surface area contributed by atoms with Gasteiger partial charge in [0.1, 0.15) is 0 Å². The van der Waals surface area contributed by atoms with E-state index < -0.39 is 16.5 Å². The van der Waals surface area contributed by atoms with Crippen LogP contribution in [0.1, 0.15) is 45.4 Å². The minimum absolute atomic E-state index is 0.293. The van der Waals surface area contributed by atoms with E-state index in [-0.39, 0.29) is 11.3 Å². The van der Waals surface area contributed by atoms with Gasteiger partial charge in [-0.25, -0.2) is 4.79 Å². The summed E-state index contributed by atoms with van der Waals surface area (Å²) in [5, 5.41) is 0. The summed E-state index contributed by atoms with van der Waals surface area (Å²) in [6.07, 6.45) is 2.88. The lowest BCUT2D eigenvalue weighted by molar-refractivity contribution is 0.145. The van der Waals surface area contributed by atoms with Crippen molar-refractivity contribution < 1.29 is 29.0 Å². The molecule has 0 bridgehead atoms. The van der Waals surface area contributed by atoms with Crippen molar-refractivity contribution in [3.63, 3.8) is 0 Å². The summed E-state index contributed by atoms with van der Waals surface area (Å²) in [5.41, 5.74) is 0. The molecule has 0 aliphatic heterocycles. The van der Waals surface area contributed by atoms with Gasteiger partial charge < -0.3 is 4.74 Å². The number of hydrogen-bond donors (Lipinski definition) is 1. The molecule has 1 N–H and O–H groups in total. The van der Waals surface area contributed by atoms with Crippen LogP contribution in [0.4, 0.5) is 24.2 Å². The monoisotopic (exact) mass is 299 g/mol. The number of rotatable bonds is 8. The zero-order valence-electron chi connectivity index (χ0n) is 10.1. The predicted octanol–water partition coefficient (Wildman–Crippen LogP) is 5.29. The molecule has 1 amide bonds. The molecule has 0 heterocycles. The third-order valence-corrected chi connectivity index (χ3v) is 2.56. The van der Waals surface area contributed by atoms with Gasteiger partial charge in [-0.1, -0.05) is 58.5 Å². The molecule has 0 aliphatic carbocycles. The number of ether oxygens (including phenoxy) is 1. The lowest BCUT2D eigenvalue weighted by Crippen LogP contribution is -2.34. The van der Waals surface area contributed by atoms with Gasteiger partial charge >= 0.3 is 16.5 Å². The standard InChI is InChI=1S/C9H18F5NO2S/c1-2-3-4-5-6-7-8-17-9(16)15-18(10,11,12,13)14/h2-8H2,1H3,(H,15,16). The first-order chi connectivity index (χ1) is 7.93. The molecule has 0 atom stereocenters. The molecular weight excluding hydrogens is 281 g/mol. The minimum Gasteiger partial charge on any atom is -0.449 e. The van der Waals surface area contributed by atoms with Crippen LogP contribution < -0.4 is 4.72 Å². The van der Waals surface area contributed by atoms with E-state index in [9.17, 15) is 24.2 Å². The number of carbonyl (C=O) groups is 1. The zero-order chi connectivity index (χ0) is 14.3. The van der Waals surface area contributed by atoms with Crippen LogP contribution in [0, 0.1) is 0 Å². The van der Waals surface area contributed by atoms with Gasteiger partial charge in [0.25, 0.3) is 0 Å². The molecule has 0 aromatic heterocycles. The Kier molecular flexibility index (Phi) is 5.27. The predicted molar refractivity (Wildman–Crippen MR) is 61.0 cm³/mol. The molecule has 0 unspecified atom stereocenters. The summed E-state index contributed by atoms with van der Waals surface area (Å²) in [6.45, 7) is 1.74. The second kappa shape index (κ2) is 5.50. The number of amides is 1. The van der Waals surface area contributed by atoms with Crippen LogP contribution in [0.15, 0.2) is 0 Å². The van der Waals surface area contributed by atoms with Crippen LogP contribution >= 0.6 is 10.4 Å². The van der Waals surface area contributed by atoms with Gasteiger partial charge in [0.05, 0.1) is 6.61 Å². The van der Waals surface area contributed by atoms with Crippen LogP contribution in [-0.4, -0.2) is 12.7 Å². The second-order valence-corrected chi connectivity index (χ2v) is 6.12. The van der Waals surface area contributed by atoms with Crippen molar-refractivity contribution in [2.45, 2.75) is 45.4 Å². The summed E-state index contributed by atoms with van der Waals surface area (Å²) >= 11 is 0. The maximum atomic E-state index is 11.8. The Morgan fingerprint density at radius 3 is 2.00 bits per heavy atom. The molecule has 0 radical (unpaired) electrons. The molecular formula is C9H18F5NO2S. The average Bonchev–Trinajstić information content (AvgIpc) is 2.11. The summed E-state index contributed by atoms with van der Waals surface area (Å²) < 4.78 is 62.6. The van der Waals surface area contributed by atoms with Gasteiger partial charge in [0, 0.05) is 0 Å². The highest BCUT2D eigenvalue weighted by Gasteiger charge is 2.65. The molecule has 0 aromatic rings. The highest BCUT2D eigenvalue weighted by Crippen LogP contribution is 2.94. The maximum absolute atomic E-state index is 11.8. The van der Waals surface area contributed by atoms with E-state index in [4.69, 9.17) is 0 Å². The van der Waals surface area contributed by atoms with Gasteiger partial charge in [0.15, 0.2) is 0 Å². The smallest absolute Gasteiger partial charge is 0.423 e. The van der Waals surface area contributed by atoms with Crippen molar-refractivity contribution in [3.05, 3.63) is 0 Å². The average molecular weight is 299 g/mol. The Morgan fingerprint density at radius 2 is 1.50 bits per heavy atom. The van der Waals surface area contributed by atoms with E-state index in [0.29, 0.717) is 12.8 Å². The molecule has 0 spiro atoms. The van der Waals surface area contributed by atoms with E-state index in [1.54, 1.807) is 0 Å². The van der Waals surface area contributed by atoms with Gasteiger partial charge in [-0.15, -0.1) is 0 Å². The van der Waals surface area contributed by atoms with Gasteiger partial charge in [-0.05, 0) is 6.42 Å². The molecule has 0 fully saturated rings. The normalized spacial score (nSPS) is 15.7. The van der Waals surface area contributed by atoms with Crippen molar-refractivity contribution in [1.82, 2.24) is 4.72 Å². The molecule has 3 nitrogen and oxygen atoms in total. The van der Waals surface area contributed by atoms with Crippen LogP contribution in [0.3, 0.4) is 0 Å². The first kappa shape index (κ1) is 17.3. The number of hydrogen-bond acceptors (Lipinski definition) is 2. The lowest BCUT2D eigenvalue weighted by atomic mass is 10.1. The van der Waals surface area contributed by atoms with Crippen LogP contribution in [0.5, 0.6) is 0 Å². The Morgan fingerprint density at radius 1 is 1.00 bits per heavy atom. The Balaban J connectivity index is 3.68. The summed E-state index contributed by atoms with van der Waals surface area (Å²) in [5.74, 6) is 0. The first-order valence-corrected chi connectivity index (χ1v) is 7.58. The summed E-state index contributed by atoms with van der Waals surface area (Å²) in [7, 11) is -9.92. The Labute approximate surface area is 103 Å². The zero-order valence-corrected chi connectivity index (χ0v) is 10.9. The number of carbonyl (C=O) groups excluding carboxylic acids is 1. The maximum Gasteiger partial charge on any atom is 0.423 e. The largest absolute Gasteiger partial charge is 0.449 e. The number of halogens is 5. The molecule has 18 heavy (non-hydrogen) atoms. The van der Waals surface area contributed by atoms with Crippen molar-refractivity contribution in [2.75, 3.05) is 6.61 Å². The molecule has 0 aromatic carbocycles. The SMILES string of the molecule is CCCCCCCCOC(=O)NS(F)(F)(F)(F)F. The first-order valence-electron chi connectivity index (χ1n) is 5.63. The molecule has 0 saturated carbocycles. The quantitative estimate of drug-likeness (QED) is 0.488. The van der Waals surface area contributed by atoms with Crippen LogP contribution in [0.25, 0.3) is 0 Å². The van der Waals surface area contributed by atoms with Crippen molar-refractivity contribution >= 4 is 16.5 Å². The lowest BCUT2D eigenvalue weighted by Gasteiger charge is -2.39. The fraction of sp³-hybridized carbons (Fsp3) is 0.889.